The van der Waals surface area contributed by atoms with Gasteiger partial charge in [-0.2, -0.15) is 0 Å². The van der Waals surface area contributed by atoms with Crippen LogP contribution in [0.2, 0.25) is 0 Å². The van der Waals surface area contributed by atoms with Crippen LogP contribution in [0.4, 0.5) is 0 Å². The molecule has 0 fully saturated rings. The first-order valence-electron chi connectivity index (χ1n) is 11.4. The van der Waals surface area contributed by atoms with Crippen LogP contribution in [-0.2, 0) is 10.8 Å². The van der Waals surface area contributed by atoms with Crippen LogP contribution in [0.25, 0.3) is 33.4 Å². The molecule has 1 heteroatoms. The smallest absolute Gasteiger partial charge is 0.0273 e. The fraction of sp³-hybridized carbons (Fsp3) is 0.258. The third kappa shape index (κ3) is 4.83. The molecule has 0 spiro atoms. The number of hydrogen-bond acceptors (Lipinski definition) is 1. The summed E-state index contributed by atoms with van der Waals surface area (Å²) in [5, 5.41) is 0. The second-order valence-corrected chi connectivity index (χ2v) is 10.7. The molecule has 0 aliphatic heterocycles. The normalized spacial score (nSPS) is 12.1. The van der Waals surface area contributed by atoms with Gasteiger partial charge in [0.2, 0.25) is 0 Å². The fourth-order valence-electron chi connectivity index (χ4n) is 4.00. The summed E-state index contributed by atoms with van der Waals surface area (Å²) in [6.07, 6.45) is 3.72. The van der Waals surface area contributed by atoms with Crippen LogP contribution in [-0.4, -0.2) is 4.98 Å². The molecule has 1 nitrogen and oxygen atoms in total. The van der Waals surface area contributed by atoms with E-state index in [2.05, 4.69) is 125 Å². The molecule has 0 radical (unpaired) electrons. The lowest BCUT2D eigenvalue weighted by atomic mass is 9.85. The summed E-state index contributed by atoms with van der Waals surface area (Å²) in [5.74, 6) is 0. The first-order valence-corrected chi connectivity index (χ1v) is 11.4. The maximum absolute atomic E-state index is 4.20. The molecule has 0 bridgehead atoms. The maximum atomic E-state index is 4.20. The van der Waals surface area contributed by atoms with Crippen molar-refractivity contribution in [2.45, 2.75) is 52.4 Å². The van der Waals surface area contributed by atoms with Gasteiger partial charge in [-0.3, -0.25) is 4.98 Å². The van der Waals surface area contributed by atoms with Gasteiger partial charge in [-0.25, -0.2) is 0 Å². The lowest BCUT2D eigenvalue weighted by Crippen LogP contribution is -2.10. The molecular weight excluding hydrogens is 386 g/mol. The Morgan fingerprint density at radius 1 is 0.406 bits per heavy atom. The lowest BCUT2D eigenvalue weighted by Gasteiger charge is -2.20. The highest BCUT2D eigenvalue weighted by molar-refractivity contribution is 5.81. The minimum Gasteiger partial charge on any atom is -0.265 e. The lowest BCUT2D eigenvalue weighted by molar-refractivity contribution is 0.590. The zero-order valence-electron chi connectivity index (χ0n) is 20.1. The number of rotatable bonds is 3. The predicted octanol–water partition coefficient (Wildman–Crippen LogP) is 8.68. The molecule has 32 heavy (non-hydrogen) atoms. The van der Waals surface area contributed by atoms with Crippen LogP contribution in [0.5, 0.6) is 0 Å². The first-order chi connectivity index (χ1) is 15.1. The Kier molecular flexibility index (Phi) is 5.77. The van der Waals surface area contributed by atoms with Gasteiger partial charge in [0.05, 0.1) is 0 Å². The summed E-state index contributed by atoms with van der Waals surface area (Å²) in [4.78, 5) is 4.20. The first kappa shape index (κ1) is 22.0. The van der Waals surface area contributed by atoms with Crippen molar-refractivity contribution in [2.24, 2.45) is 0 Å². The minimum absolute atomic E-state index is 0.150. The molecule has 0 amide bonds. The highest BCUT2D eigenvalue weighted by Crippen LogP contribution is 2.34. The third-order valence-corrected chi connectivity index (χ3v) is 6.12. The topological polar surface area (TPSA) is 12.9 Å². The van der Waals surface area contributed by atoms with Crippen molar-refractivity contribution < 1.29 is 0 Å². The summed E-state index contributed by atoms with van der Waals surface area (Å²) >= 11 is 0. The highest BCUT2D eigenvalue weighted by Gasteiger charge is 2.15. The van der Waals surface area contributed by atoms with Crippen molar-refractivity contribution in [1.82, 2.24) is 4.98 Å². The quantitative estimate of drug-likeness (QED) is 0.324. The van der Waals surface area contributed by atoms with Crippen molar-refractivity contribution in [3.8, 4) is 33.4 Å². The van der Waals surface area contributed by atoms with Gasteiger partial charge in [0.1, 0.15) is 0 Å². The van der Waals surface area contributed by atoms with Crippen LogP contribution in [0.3, 0.4) is 0 Å². The van der Waals surface area contributed by atoms with Gasteiger partial charge in [-0.05, 0) is 85.7 Å². The van der Waals surface area contributed by atoms with Crippen molar-refractivity contribution in [3.05, 3.63) is 102 Å². The van der Waals surface area contributed by atoms with E-state index in [0.717, 1.165) is 0 Å². The third-order valence-electron chi connectivity index (χ3n) is 6.12. The molecule has 162 valence electrons. The highest BCUT2D eigenvalue weighted by atomic mass is 14.6. The molecule has 4 rings (SSSR count). The number of hydrogen-bond donors (Lipinski definition) is 0. The van der Waals surface area contributed by atoms with Crippen LogP contribution in [0.1, 0.15) is 52.7 Å². The van der Waals surface area contributed by atoms with E-state index in [0.29, 0.717) is 0 Å². The fourth-order valence-corrected chi connectivity index (χ4v) is 4.00. The molecule has 3 aromatic carbocycles. The zero-order chi connectivity index (χ0) is 22.9. The SMILES string of the molecule is CC(C)(C)c1ccc(-c2cc(-c3ccncc3)cc(-c3ccc(C(C)(C)C)cc3)c2)cc1. The molecule has 4 aromatic rings. The van der Waals surface area contributed by atoms with Gasteiger partial charge in [-0.1, -0.05) is 90.1 Å². The van der Waals surface area contributed by atoms with E-state index >= 15 is 0 Å². The average Bonchev–Trinajstić information content (AvgIpc) is 2.78. The van der Waals surface area contributed by atoms with Gasteiger partial charge >= 0.3 is 0 Å². The van der Waals surface area contributed by atoms with Crippen LogP contribution < -0.4 is 0 Å². The van der Waals surface area contributed by atoms with E-state index < -0.39 is 0 Å². The van der Waals surface area contributed by atoms with E-state index in [9.17, 15) is 0 Å². The second-order valence-electron chi connectivity index (χ2n) is 10.7. The van der Waals surface area contributed by atoms with E-state index in [1.165, 1.54) is 44.5 Å². The Morgan fingerprint density at radius 3 is 1.03 bits per heavy atom. The van der Waals surface area contributed by atoms with E-state index in [1.54, 1.807) is 0 Å². The van der Waals surface area contributed by atoms with E-state index in [4.69, 9.17) is 0 Å². The maximum Gasteiger partial charge on any atom is 0.0273 e. The Bertz CT molecular complexity index is 1110. The van der Waals surface area contributed by atoms with Gasteiger partial charge in [0.15, 0.2) is 0 Å². The van der Waals surface area contributed by atoms with Crippen LogP contribution in [0.15, 0.2) is 91.3 Å². The molecule has 0 atom stereocenters. The summed E-state index contributed by atoms with van der Waals surface area (Å²) < 4.78 is 0. The van der Waals surface area contributed by atoms with Gasteiger partial charge in [-0.15, -0.1) is 0 Å². The molecule has 0 aliphatic carbocycles. The van der Waals surface area contributed by atoms with Crippen molar-refractivity contribution in [1.29, 1.82) is 0 Å². The van der Waals surface area contributed by atoms with E-state index in [1.807, 2.05) is 12.4 Å². The summed E-state index contributed by atoms with van der Waals surface area (Å²) in [6, 6.07) is 29.1. The van der Waals surface area contributed by atoms with Crippen molar-refractivity contribution in [3.63, 3.8) is 0 Å². The van der Waals surface area contributed by atoms with Crippen molar-refractivity contribution >= 4 is 0 Å². The molecule has 0 aliphatic rings. The van der Waals surface area contributed by atoms with Gasteiger partial charge in [0.25, 0.3) is 0 Å². The summed E-state index contributed by atoms with van der Waals surface area (Å²) in [5.41, 5.74) is 10.3. The molecule has 1 heterocycles. The number of nitrogens with zero attached hydrogens (tertiary/aromatic N) is 1. The molecule has 0 N–H and O–H groups in total. The second kappa shape index (κ2) is 8.39. The van der Waals surface area contributed by atoms with Crippen molar-refractivity contribution in [2.75, 3.05) is 0 Å². The summed E-state index contributed by atoms with van der Waals surface area (Å²) in [6.45, 7) is 13.5. The Balaban J connectivity index is 1.82. The average molecular weight is 420 g/mol. The van der Waals surface area contributed by atoms with Gasteiger partial charge in [0, 0.05) is 12.4 Å². The zero-order valence-corrected chi connectivity index (χ0v) is 20.1. The predicted molar refractivity (Wildman–Crippen MR) is 138 cm³/mol. The largest absolute Gasteiger partial charge is 0.265 e. The summed E-state index contributed by atoms with van der Waals surface area (Å²) in [7, 11) is 0. The van der Waals surface area contributed by atoms with Gasteiger partial charge < -0.3 is 0 Å². The molecule has 0 saturated heterocycles. The Labute approximate surface area is 193 Å². The molecular formula is C31H33N. The standard InChI is InChI=1S/C31H33N/c1-30(2,3)28-11-7-22(8-12-28)25-19-26(21-27(20-25)24-15-17-32-18-16-24)23-9-13-29(14-10-23)31(4,5)6/h7-21H,1-6H3. The number of benzene rings is 3. The van der Waals surface area contributed by atoms with E-state index in [-0.39, 0.29) is 10.8 Å². The van der Waals surface area contributed by atoms with Crippen LogP contribution >= 0.6 is 0 Å². The minimum atomic E-state index is 0.150. The molecule has 1 aromatic heterocycles. The number of pyridine rings is 1. The Hall–Kier alpha value is -3.19. The molecule has 0 unspecified atom stereocenters. The van der Waals surface area contributed by atoms with Crippen LogP contribution in [0, 0.1) is 0 Å². The molecule has 0 saturated carbocycles. The number of aromatic nitrogens is 1. The monoisotopic (exact) mass is 419 g/mol. The Morgan fingerprint density at radius 2 is 0.719 bits per heavy atom.